The first-order chi connectivity index (χ1) is 15.6. The van der Waals surface area contributed by atoms with Gasteiger partial charge in [0.05, 0.1) is 10.9 Å². The summed E-state index contributed by atoms with van der Waals surface area (Å²) in [5.74, 6) is -1.90. The Labute approximate surface area is 220 Å². The molecule has 3 nitrogen and oxygen atoms in total. The molecule has 1 aliphatic carbocycles. The molecule has 3 aromatic rings. The van der Waals surface area contributed by atoms with E-state index in [4.69, 9.17) is 70.2 Å². The van der Waals surface area contributed by atoms with E-state index in [0.29, 0.717) is 42.6 Å². The highest BCUT2D eigenvalue weighted by Gasteiger charge is 2.67. The normalized spacial score (nSPS) is 18.5. The Morgan fingerprint density at radius 1 is 0.879 bits per heavy atom. The van der Waals surface area contributed by atoms with E-state index in [1.807, 2.05) is 0 Å². The summed E-state index contributed by atoms with van der Waals surface area (Å²) < 4.78 is 11.8. The fourth-order valence-electron chi connectivity index (χ4n) is 3.55. The predicted octanol–water partition coefficient (Wildman–Crippen LogP) is 8.10. The lowest BCUT2D eigenvalue weighted by atomic mass is 10.1. The number of benzene rings is 3. The molecule has 170 valence electrons. The van der Waals surface area contributed by atoms with Crippen LogP contribution in [0.15, 0.2) is 60.7 Å². The van der Waals surface area contributed by atoms with Crippen molar-refractivity contribution in [2.24, 2.45) is 5.92 Å². The molecule has 0 heterocycles. The first-order valence-electron chi connectivity index (χ1n) is 9.57. The van der Waals surface area contributed by atoms with Gasteiger partial charge in [-0.25, -0.2) is 4.39 Å². The van der Waals surface area contributed by atoms with Crippen LogP contribution < -0.4 is 10.6 Å². The number of hydrogen-bond acceptors (Lipinski definition) is 2. The monoisotopic (exact) mass is 560 g/mol. The van der Waals surface area contributed by atoms with Crippen LogP contribution in [-0.2, 0) is 4.79 Å². The highest BCUT2D eigenvalue weighted by Crippen LogP contribution is 2.65. The largest absolute Gasteiger partial charge is 0.346 e. The molecule has 33 heavy (non-hydrogen) atoms. The number of alkyl halides is 2. The molecule has 0 spiro atoms. The molecule has 0 saturated heterocycles. The average Bonchev–Trinajstić information content (AvgIpc) is 3.32. The summed E-state index contributed by atoms with van der Waals surface area (Å²) in [4.78, 5) is 13.3. The van der Waals surface area contributed by atoms with Crippen molar-refractivity contribution in [1.82, 2.24) is 0 Å². The molecule has 1 aliphatic rings. The van der Waals surface area contributed by atoms with E-state index in [0.717, 1.165) is 0 Å². The molecule has 2 N–H and O–H groups in total. The Kier molecular flexibility index (Phi) is 7.11. The van der Waals surface area contributed by atoms with E-state index in [9.17, 15) is 9.18 Å². The van der Waals surface area contributed by atoms with Crippen LogP contribution in [0.5, 0.6) is 0 Å². The summed E-state index contributed by atoms with van der Waals surface area (Å²) in [6.45, 7) is 0. The van der Waals surface area contributed by atoms with E-state index in [2.05, 4.69) is 10.6 Å². The SMILES string of the molecule is O=C(Nc1ccc(Cl)c(C(=S)Nc2ccc(F)cc2)c1)[C@@H]1[C@@H](c2cc(Cl)cc(Cl)c2)C1(Cl)Cl. The van der Waals surface area contributed by atoms with Gasteiger partial charge < -0.3 is 10.6 Å². The van der Waals surface area contributed by atoms with Crippen molar-refractivity contribution in [3.8, 4) is 0 Å². The highest BCUT2D eigenvalue weighted by molar-refractivity contribution is 7.81. The number of hydrogen-bond donors (Lipinski definition) is 2. The maximum Gasteiger partial charge on any atom is 0.231 e. The lowest BCUT2D eigenvalue weighted by Crippen LogP contribution is -2.18. The molecule has 1 amide bonds. The zero-order valence-electron chi connectivity index (χ0n) is 16.5. The van der Waals surface area contributed by atoms with Gasteiger partial charge in [-0.05, 0) is 66.2 Å². The van der Waals surface area contributed by atoms with Crippen LogP contribution in [0.25, 0.3) is 0 Å². The smallest absolute Gasteiger partial charge is 0.231 e. The summed E-state index contributed by atoms with van der Waals surface area (Å²) in [6.07, 6.45) is 0. The quantitative estimate of drug-likeness (QED) is 0.244. The second-order valence-electron chi connectivity index (χ2n) is 7.48. The topological polar surface area (TPSA) is 41.1 Å². The molecule has 2 atom stereocenters. The highest BCUT2D eigenvalue weighted by atomic mass is 35.5. The zero-order valence-corrected chi connectivity index (χ0v) is 21.1. The predicted molar refractivity (Wildman–Crippen MR) is 139 cm³/mol. The van der Waals surface area contributed by atoms with Crippen LogP contribution in [-0.4, -0.2) is 15.2 Å². The Morgan fingerprint density at radius 2 is 1.48 bits per heavy atom. The van der Waals surface area contributed by atoms with Gasteiger partial charge in [0.1, 0.15) is 15.1 Å². The number of carbonyl (C=O) groups is 1. The van der Waals surface area contributed by atoms with E-state index >= 15 is 0 Å². The summed E-state index contributed by atoms with van der Waals surface area (Å²) in [5.41, 5.74) is 2.23. The minimum atomic E-state index is -1.30. The van der Waals surface area contributed by atoms with Crippen molar-refractivity contribution in [2.75, 3.05) is 10.6 Å². The number of anilines is 2. The van der Waals surface area contributed by atoms with Gasteiger partial charge in [0.15, 0.2) is 0 Å². The molecule has 4 rings (SSSR count). The molecule has 3 aromatic carbocycles. The lowest BCUT2D eigenvalue weighted by molar-refractivity contribution is -0.117. The van der Waals surface area contributed by atoms with Crippen molar-refractivity contribution in [3.05, 3.63) is 92.7 Å². The molecule has 1 saturated carbocycles. The summed E-state index contributed by atoms with van der Waals surface area (Å²) in [6, 6.07) is 15.6. The fourth-order valence-corrected chi connectivity index (χ4v) is 5.48. The molecule has 0 aliphatic heterocycles. The summed E-state index contributed by atoms with van der Waals surface area (Å²) in [7, 11) is 0. The number of thiocarbonyl (C=S) groups is 1. The van der Waals surface area contributed by atoms with Crippen LogP contribution >= 0.6 is 70.2 Å². The molecular weight excluding hydrogens is 549 g/mol. The van der Waals surface area contributed by atoms with E-state index in [1.54, 1.807) is 48.5 Å². The number of carbonyl (C=O) groups excluding carboxylic acids is 1. The van der Waals surface area contributed by atoms with Crippen LogP contribution in [0.1, 0.15) is 17.0 Å². The van der Waals surface area contributed by atoms with Crippen molar-refractivity contribution >= 4 is 92.5 Å². The van der Waals surface area contributed by atoms with Crippen molar-refractivity contribution in [2.45, 2.75) is 10.3 Å². The summed E-state index contributed by atoms with van der Waals surface area (Å²) >= 11 is 36.7. The first kappa shape index (κ1) is 24.5. The molecule has 10 heteroatoms. The van der Waals surface area contributed by atoms with Gasteiger partial charge in [0.25, 0.3) is 0 Å². The van der Waals surface area contributed by atoms with Crippen molar-refractivity contribution in [3.63, 3.8) is 0 Å². The van der Waals surface area contributed by atoms with Crippen LogP contribution in [0.3, 0.4) is 0 Å². The number of amides is 1. The minimum Gasteiger partial charge on any atom is -0.346 e. The Balaban J connectivity index is 1.50. The third-order valence-electron chi connectivity index (χ3n) is 5.16. The third kappa shape index (κ3) is 5.40. The van der Waals surface area contributed by atoms with Gasteiger partial charge in [0, 0.05) is 32.9 Å². The maximum absolute atomic E-state index is 13.1. The zero-order chi connectivity index (χ0) is 23.9. The van der Waals surface area contributed by atoms with Crippen molar-refractivity contribution < 1.29 is 9.18 Å². The van der Waals surface area contributed by atoms with Gasteiger partial charge in [-0.3, -0.25) is 4.79 Å². The van der Waals surface area contributed by atoms with Crippen LogP contribution in [0.4, 0.5) is 15.8 Å². The van der Waals surface area contributed by atoms with E-state index in [1.165, 1.54) is 12.1 Å². The number of halogens is 6. The third-order valence-corrected chi connectivity index (χ3v) is 7.19. The molecule has 0 bridgehead atoms. The van der Waals surface area contributed by atoms with Crippen LogP contribution in [0.2, 0.25) is 15.1 Å². The Bertz CT molecular complexity index is 1230. The molecule has 0 unspecified atom stereocenters. The van der Waals surface area contributed by atoms with Gasteiger partial charge in [-0.1, -0.05) is 47.0 Å². The molecular formula is C23H14Cl5FN2OS. The minimum absolute atomic E-state index is 0.310. The van der Waals surface area contributed by atoms with Gasteiger partial charge >= 0.3 is 0 Å². The fraction of sp³-hybridized carbons (Fsp3) is 0.130. The average molecular weight is 563 g/mol. The van der Waals surface area contributed by atoms with E-state index < -0.39 is 16.2 Å². The molecule has 0 radical (unpaired) electrons. The van der Waals surface area contributed by atoms with Gasteiger partial charge in [0.2, 0.25) is 5.91 Å². The Morgan fingerprint density at radius 3 is 2.12 bits per heavy atom. The first-order valence-corrected chi connectivity index (χ1v) is 11.9. The van der Waals surface area contributed by atoms with Gasteiger partial charge in [-0.15, -0.1) is 23.2 Å². The molecule has 0 aromatic heterocycles. The second kappa shape index (κ2) is 9.57. The number of rotatable bonds is 5. The van der Waals surface area contributed by atoms with Gasteiger partial charge in [-0.2, -0.15) is 0 Å². The van der Waals surface area contributed by atoms with Crippen molar-refractivity contribution in [1.29, 1.82) is 0 Å². The lowest BCUT2D eigenvalue weighted by Gasteiger charge is -2.12. The summed E-state index contributed by atoms with van der Waals surface area (Å²) in [5, 5.41) is 7.05. The maximum atomic E-state index is 13.1. The second-order valence-corrected chi connectivity index (χ2v) is 10.6. The van der Waals surface area contributed by atoms with E-state index in [-0.39, 0.29) is 11.7 Å². The Hall–Kier alpha value is -1.60. The van der Waals surface area contributed by atoms with Crippen LogP contribution in [0, 0.1) is 11.7 Å². The number of nitrogens with one attached hydrogen (secondary N) is 2. The molecule has 1 fully saturated rings. The standard InChI is InChI=1S/C23H14Cl5FN2OS/c24-12-7-11(8-13(25)9-12)19-20(23(19,27)28)21(32)30-16-5-6-18(26)17(10-16)22(33)31-15-3-1-14(29)2-4-15/h1-10,19-20H,(H,30,32)(H,31,33)/t19-,20+/m1/s1.